The largest absolute Gasteiger partial charge is 0.480 e. The van der Waals surface area contributed by atoms with Crippen molar-refractivity contribution in [2.75, 3.05) is 18.0 Å². The third-order valence-electron chi connectivity index (χ3n) is 5.43. The first-order valence-corrected chi connectivity index (χ1v) is 9.65. The van der Waals surface area contributed by atoms with Crippen molar-refractivity contribution in [1.82, 2.24) is 4.98 Å². The zero-order valence-electron chi connectivity index (χ0n) is 15.1. The molecule has 1 atom stereocenters. The molecule has 3 N–H and O–H groups in total. The summed E-state index contributed by atoms with van der Waals surface area (Å²) < 4.78 is 5.82. The van der Waals surface area contributed by atoms with Crippen LogP contribution in [0.15, 0.2) is 22.6 Å². The van der Waals surface area contributed by atoms with Crippen LogP contribution >= 0.6 is 11.6 Å². The number of nitrogens with two attached hydrogens (primary N) is 1. The van der Waals surface area contributed by atoms with Crippen LogP contribution in [0.5, 0.6) is 0 Å². The van der Waals surface area contributed by atoms with Crippen LogP contribution in [0.25, 0.3) is 11.1 Å². The van der Waals surface area contributed by atoms with Gasteiger partial charge in [0, 0.05) is 24.2 Å². The van der Waals surface area contributed by atoms with Crippen molar-refractivity contribution in [1.29, 1.82) is 0 Å². The summed E-state index contributed by atoms with van der Waals surface area (Å²) in [4.78, 5) is 18.4. The Bertz CT molecular complexity index is 776. The van der Waals surface area contributed by atoms with E-state index in [2.05, 4.69) is 17.7 Å². The van der Waals surface area contributed by atoms with E-state index in [4.69, 9.17) is 21.8 Å². The highest BCUT2D eigenvalue weighted by atomic mass is 35.5. The number of rotatable bonds is 7. The van der Waals surface area contributed by atoms with E-state index in [0.29, 0.717) is 49.0 Å². The van der Waals surface area contributed by atoms with Gasteiger partial charge in [-0.2, -0.15) is 4.98 Å². The number of nitrogens with zero attached hydrogens (tertiary/aromatic N) is 2. The fraction of sp³-hybridized carbons (Fsp3) is 0.556. The molecule has 1 saturated heterocycles. The molecule has 0 radical (unpaired) electrons. The highest BCUT2D eigenvalue weighted by Gasteiger charge is 2.43. The van der Waals surface area contributed by atoms with Gasteiger partial charge >= 0.3 is 5.97 Å². The predicted molar refractivity (Wildman–Crippen MR) is 106 cm³/mol. The van der Waals surface area contributed by atoms with Crippen molar-refractivity contribution in [3.8, 4) is 0 Å². The van der Waals surface area contributed by atoms with Crippen LogP contribution in [-0.2, 0) is 4.79 Å². The quantitative estimate of drug-likeness (QED) is 0.569. The molecule has 0 amide bonds. The minimum absolute atomic E-state index is 0.0353. The number of aliphatic carboxylic acids is 1. The molecule has 2 heterocycles. The van der Waals surface area contributed by atoms with E-state index in [1.165, 1.54) is 0 Å². The lowest BCUT2D eigenvalue weighted by Crippen LogP contribution is -2.57. The third-order valence-corrected chi connectivity index (χ3v) is 5.66. The molecule has 0 aliphatic carbocycles. The number of benzene rings is 1. The number of hydrogen-bond donors (Lipinski definition) is 2. The van der Waals surface area contributed by atoms with E-state index < -0.39 is 11.5 Å². The number of fused-ring (bicyclic) bond motifs is 1. The van der Waals surface area contributed by atoms with Gasteiger partial charge in [-0.05, 0) is 37.3 Å². The molecule has 8 heteroatoms. The Hall–Kier alpha value is -1.73. The molecule has 0 bridgehead atoms. The molecule has 2 aromatic rings. The summed E-state index contributed by atoms with van der Waals surface area (Å²) in [6.45, 7) is 1.37. The number of carboxylic acids is 1. The average Bonchev–Trinajstić information content (AvgIpc) is 3.05. The van der Waals surface area contributed by atoms with E-state index in [1.807, 2.05) is 6.07 Å². The van der Waals surface area contributed by atoms with E-state index in [1.54, 1.807) is 12.1 Å². The number of anilines is 1. The molecule has 0 saturated carbocycles. The molecule has 0 spiro atoms. The summed E-state index contributed by atoms with van der Waals surface area (Å²) in [5, 5.41) is 10.3. The van der Waals surface area contributed by atoms with Crippen molar-refractivity contribution < 1.29 is 14.3 Å². The fourth-order valence-corrected chi connectivity index (χ4v) is 3.92. The molecule has 1 aliphatic heterocycles. The minimum atomic E-state index is -1.14. The number of carbonyl (C=O) groups is 1. The first-order chi connectivity index (χ1) is 12.4. The number of aromatic nitrogens is 1. The van der Waals surface area contributed by atoms with Crippen LogP contribution in [0.1, 0.15) is 32.1 Å². The molecule has 1 aliphatic rings. The molecule has 6 nitrogen and oxygen atoms in total. The molecular weight excluding hydrogens is 352 g/mol. The van der Waals surface area contributed by atoms with Crippen LogP contribution < -0.4 is 10.6 Å². The Morgan fingerprint density at radius 2 is 2.15 bits per heavy atom. The molecule has 26 heavy (non-hydrogen) atoms. The number of piperidine rings is 1. The van der Waals surface area contributed by atoms with Gasteiger partial charge in [-0.3, -0.25) is 4.79 Å². The van der Waals surface area contributed by atoms with Gasteiger partial charge in [0.25, 0.3) is 6.01 Å². The number of halogens is 1. The standard InChI is InChI=1S/C18H25BClN3O3/c19-8-2-1-7-18(21,16(24)25)12-5-9-23(10-6-12)17-22-14-4-3-13(20)11-15(14)26-17/h3-4,11-12H,1-2,5-10,19,21H2,(H,24,25). The second-order valence-electron chi connectivity index (χ2n) is 7.17. The zero-order valence-corrected chi connectivity index (χ0v) is 15.8. The fourth-order valence-electron chi connectivity index (χ4n) is 3.76. The highest BCUT2D eigenvalue weighted by Crippen LogP contribution is 2.34. The van der Waals surface area contributed by atoms with Gasteiger partial charge in [-0.25, -0.2) is 0 Å². The maximum absolute atomic E-state index is 11.8. The van der Waals surface area contributed by atoms with Crippen molar-refractivity contribution in [2.24, 2.45) is 11.7 Å². The summed E-state index contributed by atoms with van der Waals surface area (Å²) in [6.07, 6.45) is 4.88. The van der Waals surface area contributed by atoms with E-state index in [9.17, 15) is 9.90 Å². The number of hydrogen-bond acceptors (Lipinski definition) is 5. The van der Waals surface area contributed by atoms with Crippen molar-refractivity contribution >= 4 is 42.5 Å². The molecule has 1 aromatic heterocycles. The van der Waals surface area contributed by atoms with Crippen molar-refractivity contribution in [3.63, 3.8) is 0 Å². The second kappa shape index (κ2) is 7.88. The zero-order chi connectivity index (χ0) is 18.7. The van der Waals surface area contributed by atoms with E-state index in [-0.39, 0.29) is 5.92 Å². The molecule has 1 unspecified atom stereocenters. The van der Waals surface area contributed by atoms with Gasteiger partial charge in [-0.1, -0.05) is 30.8 Å². The van der Waals surface area contributed by atoms with Gasteiger partial charge in [0.1, 0.15) is 18.9 Å². The Labute approximate surface area is 159 Å². The van der Waals surface area contributed by atoms with E-state index >= 15 is 0 Å². The van der Waals surface area contributed by atoms with Crippen LogP contribution in [0, 0.1) is 5.92 Å². The molecule has 1 aromatic carbocycles. The number of unbranched alkanes of at least 4 members (excludes halogenated alkanes) is 1. The second-order valence-corrected chi connectivity index (χ2v) is 7.61. The van der Waals surface area contributed by atoms with Gasteiger partial charge < -0.3 is 20.2 Å². The summed E-state index contributed by atoms with van der Waals surface area (Å²) >= 11 is 5.99. The number of oxazole rings is 1. The Morgan fingerprint density at radius 1 is 1.42 bits per heavy atom. The molecule has 140 valence electrons. The van der Waals surface area contributed by atoms with Crippen LogP contribution in [0.3, 0.4) is 0 Å². The van der Waals surface area contributed by atoms with Crippen LogP contribution in [-0.4, -0.2) is 42.5 Å². The van der Waals surface area contributed by atoms with Crippen LogP contribution in [0.2, 0.25) is 11.3 Å². The first kappa shape index (κ1) is 19.0. The molecular formula is C18H25BClN3O3. The Morgan fingerprint density at radius 3 is 2.81 bits per heavy atom. The lowest BCUT2D eigenvalue weighted by molar-refractivity contribution is -0.146. The average molecular weight is 378 g/mol. The van der Waals surface area contributed by atoms with Gasteiger partial charge in [0.2, 0.25) is 0 Å². The van der Waals surface area contributed by atoms with Gasteiger partial charge in [0.15, 0.2) is 5.58 Å². The summed E-state index contributed by atoms with van der Waals surface area (Å²) in [5.41, 5.74) is 6.63. The summed E-state index contributed by atoms with van der Waals surface area (Å²) in [5.74, 6) is -0.921. The topological polar surface area (TPSA) is 92.6 Å². The smallest absolute Gasteiger partial charge is 0.323 e. The maximum atomic E-state index is 11.8. The minimum Gasteiger partial charge on any atom is -0.480 e. The Balaban J connectivity index is 1.67. The third kappa shape index (κ3) is 3.83. The molecule has 3 rings (SSSR count). The first-order valence-electron chi connectivity index (χ1n) is 9.27. The van der Waals surface area contributed by atoms with Gasteiger partial charge in [0.05, 0.1) is 0 Å². The highest BCUT2D eigenvalue weighted by molar-refractivity contribution is 6.31. The monoisotopic (exact) mass is 377 g/mol. The summed E-state index contributed by atoms with van der Waals surface area (Å²) in [6, 6.07) is 5.93. The molecule has 1 fully saturated rings. The lowest BCUT2D eigenvalue weighted by Gasteiger charge is -2.39. The SMILES string of the molecule is BCCCCC(N)(C(=O)O)C1CCN(c2nc3ccc(Cl)cc3o2)CC1. The normalized spacial score (nSPS) is 18.2. The number of carboxylic acid groups (broad SMARTS) is 1. The maximum Gasteiger partial charge on any atom is 0.323 e. The van der Waals surface area contributed by atoms with Crippen molar-refractivity contribution in [2.45, 2.75) is 44.0 Å². The van der Waals surface area contributed by atoms with Gasteiger partial charge in [-0.15, -0.1) is 0 Å². The predicted octanol–water partition coefficient (Wildman–Crippen LogP) is 2.70. The van der Waals surface area contributed by atoms with Crippen molar-refractivity contribution in [3.05, 3.63) is 23.2 Å². The van der Waals surface area contributed by atoms with E-state index in [0.717, 1.165) is 24.7 Å². The van der Waals surface area contributed by atoms with Crippen LogP contribution in [0.4, 0.5) is 6.01 Å². The lowest BCUT2D eigenvalue weighted by atomic mass is 9.75. The summed E-state index contributed by atoms with van der Waals surface area (Å²) in [7, 11) is 2.10. The Kier molecular flexibility index (Phi) is 5.78.